The van der Waals surface area contributed by atoms with Crippen molar-refractivity contribution in [2.45, 2.75) is 58.8 Å². The summed E-state index contributed by atoms with van der Waals surface area (Å²) in [6, 6.07) is 0. The van der Waals surface area contributed by atoms with Gasteiger partial charge in [0.15, 0.2) is 0 Å². The van der Waals surface area contributed by atoms with Crippen LogP contribution in [0.4, 0.5) is 0 Å². The molecule has 2 saturated carbocycles. The number of halogens is 1. The molecule has 2 unspecified atom stereocenters. The van der Waals surface area contributed by atoms with E-state index in [9.17, 15) is 4.79 Å². The molecule has 0 radical (unpaired) electrons. The minimum absolute atomic E-state index is 0.138. The predicted octanol–water partition coefficient (Wildman–Crippen LogP) is 3.58. The summed E-state index contributed by atoms with van der Waals surface area (Å²) in [5.41, 5.74) is 0.275. The lowest BCUT2D eigenvalue weighted by atomic mass is 9.89. The van der Waals surface area contributed by atoms with Gasteiger partial charge in [-0.05, 0) is 36.0 Å². The minimum Gasteiger partial charge on any atom is -0.356 e. The minimum atomic E-state index is 0.138. The SMILES string of the molecule is CC1(C)C(C(=O)NCC2CCCC(Cl)C2)C1(C)C. The number of rotatable bonds is 3. The Balaban J connectivity index is 1.80. The number of hydrogen-bond donors (Lipinski definition) is 1. The zero-order valence-electron chi connectivity index (χ0n) is 12.1. The van der Waals surface area contributed by atoms with Crippen LogP contribution in [0.3, 0.4) is 0 Å². The van der Waals surface area contributed by atoms with Crippen LogP contribution < -0.4 is 5.32 Å². The molecule has 2 atom stereocenters. The zero-order chi connectivity index (χ0) is 13.6. The van der Waals surface area contributed by atoms with Crippen LogP contribution in [-0.4, -0.2) is 17.8 Å². The van der Waals surface area contributed by atoms with Crippen LogP contribution in [0.1, 0.15) is 53.4 Å². The molecule has 0 aliphatic heterocycles. The maximum Gasteiger partial charge on any atom is 0.224 e. The van der Waals surface area contributed by atoms with E-state index in [1.165, 1.54) is 12.8 Å². The molecule has 0 aromatic rings. The average Bonchev–Trinajstić information content (AvgIpc) is 2.66. The maximum atomic E-state index is 12.2. The Morgan fingerprint density at radius 3 is 2.33 bits per heavy atom. The molecule has 0 aromatic heterocycles. The Kier molecular flexibility index (Phi) is 3.70. The smallest absolute Gasteiger partial charge is 0.224 e. The summed E-state index contributed by atoms with van der Waals surface area (Å²) < 4.78 is 0. The van der Waals surface area contributed by atoms with Crippen molar-refractivity contribution in [2.75, 3.05) is 6.54 Å². The summed E-state index contributed by atoms with van der Waals surface area (Å²) in [4.78, 5) is 12.2. The van der Waals surface area contributed by atoms with Crippen molar-refractivity contribution in [1.82, 2.24) is 5.32 Å². The van der Waals surface area contributed by atoms with Crippen molar-refractivity contribution in [1.29, 1.82) is 0 Å². The van der Waals surface area contributed by atoms with Crippen LogP contribution in [-0.2, 0) is 4.79 Å². The highest BCUT2D eigenvalue weighted by molar-refractivity contribution is 6.20. The maximum absolute atomic E-state index is 12.2. The molecule has 0 spiro atoms. The van der Waals surface area contributed by atoms with Gasteiger partial charge in [0.2, 0.25) is 5.91 Å². The summed E-state index contributed by atoms with van der Waals surface area (Å²) in [7, 11) is 0. The number of amides is 1. The van der Waals surface area contributed by atoms with Crippen molar-refractivity contribution in [3.8, 4) is 0 Å². The van der Waals surface area contributed by atoms with E-state index in [4.69, 9.17) is 11.6 Å². The van der Waals surface area contributed by atoms with Crippen LogP contribution in [0.15, 0.2) is 0 Å². The molecule has 3 heteroatoms. The normalized spacial score (nSPS) is 34.1. The van der Waals surface area contributed by atoms with Gasteiger partial charge in [0, 0.05) is 17.8 Å². The third-order valence-corrected chi connectivity index (χ3v) is 5.96. The Hall–Kier alpha value is -0.240. The van der Waals surface area contributed by atoms with Gasteiger partial charge in [0.1, 0.15) is 0 Å². The molecule has 2 nitrogen and oxygen atoms in total. The molecule has 1 N–H and O–H groups in total. The first kappa shape index (κ1) is 14.2. The molecule has 1 amide bonds. The van der Waals surface area contributed by atoms with Gasteiger partial charge in [0.05, 0.1) is 0 Å². The van der Waals surface area contributed by atoms with E-state index in [0.717, 1.165) is 19.4 Å². The highest BCUT2D eigenvalue weighted by Gasteiger charge is 2.68. The molecule has 2 aliphatic rings. The summed E-state index contributed by atoms with van der Waals surface area (Å²) >= 11 is 6.18. The van der Waals surface area contributed by atoms with E-state index in [-0.39, 0.29) is 22.7 Å². The van der Waals surface area contributed by atoms with Gasteiger partial charge in [0.25, 0.3) is 0 Å². The van der Waals surface area contributed by atoms with E-state index in [0.29, 0.717) is 11.3 Å². The molecule has 104 valence electrons. The van der Waals surface area contributed by atoms with Gasteiger partial charge in [-0.2, -0.15) is 0 Å². The Labute approximate surface area is 116 Å². The fourth-order valence-electron chi connectivity index (χ4n) is 3.61. The van der Waals surface area contributed by atoms with Crippen LogP contribution >= 0.6 is 11.6 Å². The zero-order valence-corrected chi connectivity index (χ0v) is 12.8. The van der Waals surface area contributed by atoms with Gasteiger partial charge >= 0.3 is 0 Å². The highest BCUT2D eigenvalue weighted by atomic mass is 35.5. The van der Waals surface area contributed by atoms with Gasteiger partial charge in [-0.1, -0.05) is 34.1 Å². The van der Waals surface area contributed by atoms with E-state index >= 15 is 0 Å². The first-order chi connectivity index (χ1) is 8.26. The van der Waals surface area contributed by atoms with Gasteiger partial charge in [-0.15, -0.1) is 11.6 Å². The van der Waals surface area contributed by atoms with Gasteiger partial charge in [-0.25, -0.2) is 0 Å². The quantitative estimate of drug-likeness (QED) is 0.781. The third-order valence-electron chi connectivity index (χ3n) is 5.57. The van der Waals surface area contributed by atoms with Crippen LogP contribution in [0.25, 0.3) is 0 Å². The number of carbonyl (C=O) groups excluding carboxylic acids is 1. The molecule has 2 fully saturated rings. The molecular weight excluding hydrogens is 246 g/mol. The first-order valence-corrected chi connectivity index (χ1v) is 7.62. The lowest BCUT2D eigenvalue weighted by Gasteiger charge is -2.25. The fourth-order valence-corrected chi connectivity index (χ4v) is 4.02. The van der Waals surface area contributed by atoms with E-state index < -0.39 is 0 Å². The second-order valence-corrected chi connectivity index (χ2v) is 7.87. The molecular formula is C15H26ClNO. The average molecular weight is 272 g/mol. The Bertz CT molecular complexity index is 323. The first-order valence-electron chi connectivity index (χ1n) is 7.18. The predicted molar refractivity (Wildman–Crippen MR) is 75.7 cm³/mol. The number of nitrogens with one attached hydrogen (secondary N) is 1. The highest BCUT2D eigenvalue weighted by Crippen LogP contribution is 2.68. The topological polar surface area (TPSA) is 29.1 Å². The largest absolute Gasteiger partial charge is 0.356 e. The summed E-state index contributed by atoms with van der Waals surface area (Å²) in [5.74, 6) is 0.984. The fraction of sp³-hybridized carbons (Fsp3) is 0.933. The van der Waals surface area contributed by atoms with Crippen LogP contribution in [0.5, 0.6) is 0 Å². The van der Waals surface area contributed by atoms with Gasteiger partial charge in [-0.3, -0.25) is 4.79 Å². The standard InChI is InChI=1S/C15H26ClNO/c1-14(2)12(15(14,3)4)13(18)17-9-10-6-5-7-11(16)8-10/h10-12H,5-9H2,1-4H3,(H,17,18). The summed E-state index contributed by atoms with van der Waals surface area (Å²) in [6.07, 6.45) is 4.60. The van der Waals surface area contributed by atoms with Crippen molar-refractivity contribution >= 4 is 17.5 Å². The van der Waals surface area contributed by atoms with Crippen molar-refractivity contribution in [3.05, 3.63) is 0 Å². The number of carbonyl (C=O) groups is 1. The molecule has 18 heavy (non-hydrogen) atoms. The number of hydrogen-bond acceptors (Lipinski definition) is 1. The second kappa shape index (κ2) is 4.70. The molecule has 0 aromatic carbocycles. The Morgan fingerprint density at radius 2 is 1.83 bits per heavy atom. The molecule has 0 saturated heterocycles. The lowest BCUT2D eigenvalue weighted by molar-refractivity contribution is -0.123. The van der Waals surface area contributed by atoms with Crippen LogP contribution in [0.2, 0.25) is 0 Å². The molecule has 0 bridgehead atoms. The van der Waals surface area contributed by atoms with E-state index in [2.05, 4.69) is 33.0 Å². The van der Waals surface area contributed by atoms with Crippen molar-refractivity contribution < 1.29 is 4.79 Å². The van der Waals surface area contributed by atoms with Crippen molar-refractivity contribution in [2.24, 2.45) is 22.7 Å². The summed E-state index contributed by atoms with van der Waals surface area (Å²) in [5, 5.41) is 3.46. The number of alkyl halides is 1. The molecule has 2 rings (SSSR count). The lowest BCUT2D eigenvalue weighted by Crippen LogP contribution is -2.34. The molecule has 2 aliphatic carbocycles. The molecule has 0 heterocycles. The van der Waals surface area contributed by atoms with E-state index in [1.54, 1.807) is 0 Å². The third kappa shape index (κ3) is 2.41. The summed E-state index contributed by atoms with van der Waals surface area (Å²) in [6.45, 7) is 9.56. The van der Waals surface area contributed by atoms with Gasteiger partial charge < -0.3 is 5.32 Å². The monoisotopic (exact) mass is 271 g/mol. The van der Waals surface area contributed by atoms with E-state index in [1.807, 2.05) is 0 Å². The Morgan fingerprint density at radius 1 is 1.22 bits per heavy atom. The van der Waals surface area contributed by atoms with Crippen LogP contribution in [0, 0.1) is 22.7 Å². The van der Waals surface area contributed by atoms with Crippen molar-refractivity contribution in [3.63, 3.8) is 0 Å². The second-order valence-electron chi connectivity index (χ2n) is 7.25.